The summed E-state index contributed by atoms with van der Waals surface area (Å²) >= 11 is 0. The van der Waals surface area contributed by atoms with Crippen LogP contribution in [-0.2, 0) is 14.3 Å². The van der Waals surface area contributed by atoms with E-state index < -0.39 is 24.0 Å². The highest BCUT2D eigenvalue weighted by atomic mass is 16.6. The Kier molecular flexibility index (Phi) is 7.69. The first kappa shape index (κ1) is 16.0. The summed E-state index contributed by atoms with van der Waals surface area (Å²) in [5.74, 6) is -1.52. The fraction of sp³-hybridized carbons (Fsp3) is 0.818. The van der Waals surface area contributed by atoms with Crippen molar-refractivity contribution in [1.82, 2.24) is 0 Å². The summed E-state index contributed by atoms with van der Waals surface area (Å²) < 4.78 is 4.61. The van der Waals surface area contributed by atoms with E-state index in [1.54, 1.807) is 13.8 Å². The van der Waals surface area contributed by atoms with E-state index in [1.165, 1.54) is 0 Å². The van der Waals surface area contributed by atoms with Crippen LogP contribution < -0.4 is 17.2 Å². The van der Waals surface area contributed by atoms with Crippen LogP contribution in [0.1, 0.15) is 33.1 Å². The van der Waals surface area contributed by atoms with Gasteiger partial charge < -0.3 is 21.9 Å². The lowest BCUT2D eigenvalue weighted by atomic mass is 10.1. The molecule has 0 amide bonds. The summed E-state index contributed by atoms with van der Waals surface area (Å²) in [4.78, 5) is 22.8. The second kappa shape index (κ2) is 8.16. The van der Waals surface area contributed by atoms with Crippen LogP contribution in [0.5, 0.6) is 0 Å². The zero-order chi connectivity index (χ0) is 13.4. The first-order valence-electron chi connectivity index (χ1n) is 5.87. The maximum Gasteiger partial charge on any atom is 0.330 e. The van der Waals surface area contributed by atoms with E-state index in [1.807, 2.05) is 0 Å². The molecule has 0 aliphatic rings. The molecule has 0 saturated carbocycles. The first-order valence-corrected chi connectivity index (χ1v) is 5.87. The van der Waals surface area contributed by atoms with Gasteiger partial charge in [0.1, 0.15) is 12.1 Å². The van der Waals surface area contributed by atoms with Crippen LogP contribution >= 0.6 is 0 Å². The molecule has 17 heavy (non-hydrogen) atoms. The zero-order valence-corrected chi connectivity index (χ0v) is 10.5. The molecular formula is C11H23N3O3. The van der Waals surface area contributed by atoms with Crippen molar-refractivity contribution in [2.45, 2.75) is 45.2 Å². The van der Waals surface area contributed by atoms with Crippen LogP contribution in [0.15, 0.2) is 0 Å². The van der Waals surface area contributed by atoms with Crippen molar-refractivity contribution in [2.24, 2.45) is 23.1 Å². The minimum Gasteiger partial charge on any atom is -0.391 e. The Bertz CT molecular complexity index is 256. The van der Waals surface area contributed by atoms with Crippen molar-refractivity contribution in [2.75, 3.05) is 6.54 Å². The molecule has 0 aliphatic carbocycles. The fourth-order valence-corrected chi connectivity index (χ4v) is 1.14. The smallest absolute Gasteiger partial charge is 0.330 e. The van der Waals surface area contributed by atoms with E-state index in [4.69, 9.17) is 17.2 Å². The molecule has 6 N–H and O–H groups in total. The topological polar surface area (TPSA) is 121 Å². The number of nitrogens with two attached hydrogens (primary N) is 3. The van der Waals surface area contributed by atoms with Crippen molar-refractivity contribution in [3.63, 3.8) is 0 Å². The number of esters is 2. The van der Waals surface area contributed by atoms with Gasteiger partial charge in [0.15, 0.2) is 0 Å². The summed E-state index contributed by atoms with van der Waals surface area (Å²) in [7, 11) is 0. The lowest BCUT2D eigenvalue weighted by Crippen LogP contribution is -2.42. The highest BCUT2D eigenvalue weighted by Gasteiger charge is 2.24. The normalized spacial score (nSPS) is 14.5. The van der Waals surface area contributed by atoms with Gasteiger partial charge >= 0.3 is 11.9 Å². The quantitative estimate of drug-likeness (QED) is 0.316. The number of ether oxygens (including phenoxy) is 1. The number of rotatable bonds is 7. The maximum atomic E-state index is 11.4. The number of hydrogen-bond donors (Lipinski definition) is 3. The van der Waals surface area contributed by atoms with Crippen molar-refractivity contribution in [3.8, 4) is 0 Å². The predicted molar refractivity (Wildman–Crippen MR) is 64.8 cm³/mol. The number of hydrogen-bond acceptors (Lipinski definition) is 6. The number of carbonyl (C=O) groups is 2. The van der Waals surface area contributed by atoms with Gasteiger partial charge in [0, 0.05) is 0 Å². The molecule has 0 unspecified atom stereocenters. The average molecular weight is 245 g/mol. The Labute approximate surface area is 102 Å². The third kappa shape index (κ3) is 6.35. The second-order valence-corrected chi connectivity index (χ2v) is 4.40. The van der Waals surface area contributed by atoms with E-state index in [-0.39, 0.29) is 5.92 Å². The van der Waals surface area contributed by atoms with Gasteiger partial charge in [0.05, 0.1) is 0 Å². The molecule has 6 heteroatoms. The van der Waals surface area contributed by atoms with Gasteiger partial charge in [-0.25, -0.2) is 9.59 Å². The Morgan fingerprint density at radius 2 is 1.71 bits per heavy atom. The number of unbranched alkanes of at least 4 members (excludes halogenated alkanes) is 1. The largest absolute Gasteiger partial charge is 0.391 e. The van der Waals surface area contributed by atoms with Crippen LogP contribution in [0.4, 0.5) is 0 Å². The minimum absolute atomic E-state index is 0.0798. The molecular weight excluding hydrogens is 222 g/mol. The summed E-state index contributed by atoms with van der Waals surface area (Å²) in [5, 5.41) is 0. The van der Waals surface area contributed by atoms with Gasteiger partial charge in [-0.3, -0.25) is 0 Å². The molecule has 0 fully saturated rings. The monoisotopic (exact) mass is 245 g/mol. The standard InChI is InChI=1S/C11H23N3O3/c1-7(2)9(14)11(16)17-10(15)8(13)5-3-4-6-12/h7-9H,3-6,12-14H2,1-2H3/t8-,9+/m0/s1. The van der Waals surface area contributed by atoms with Crippen LogP contribution in [0.25, 0.3) is 0 Å². The Balaban J connectivity index is 4.03. The van der Waals surface area contributed by atoms with Gasteiger partial charge in [-0.2, -0.15) is 0 Å². The maximum absolute atomic E-state index is 11.4. The van der Waals surface area contributed by atoms with Crippen LogP contribution in [-0.4, -0.2) is 30.6 Å². The highest BCUT2D eigenvalue weighted by molar-refractivity contribution is 5.90. The highest BCUT2D eigenvalue weighted by Crippen LogP contribution is 2.04. The molecule has 0 aromatic carbocycles. The van der Waals surface area contributed by atoms with Gasteiger partial charge in [0.25, 0.3) is 0 Å². The van der Waals surface area contributed by atoms with Crippen LogP contribution in [0.3, 0.4) is 0 Å². The molecule has 0 radical (unpaired) electrons. The third-order valence-corrected chi connectivity index (χ3v) is 2.46. The molecule has 0 heterocycles. The zero-order valence-electron chi connectivity index (χ0n) is 10.5. The molecule has 0 aromatic heterocycles. The van der Waals surface area contributed by atoms with Gasteiger partial charge in [-0.15, -0.1) is 0 Å². The van der Waals surface area contributed by atoms with E-state index in [9.17, 15) is 9.59 Å². The molecule has 0 aliphatic heterocycles. The van der Waals surface area contributed by atoms with Crippen molar-refractivity contribution >= 4 is 11.9 Å². The van der Waals surface area contributed by atoms with E-state index in [0.29, 0.717) is 13.0 Å². The predicted octanol–water partition coefficient (Wildman–Crippen LogP) is -0.504. The van der Waals surface area contributed by atoms with Gasteiger partial charge in [0.2, 0.25) is 0 Å². The van der Waals surface area contributed by atoms with Crippen molar-refractivity contribution in [1.29, 1.82) is 0 Å². The molecule has 0 saturated heterocycles. The molecule has 0 bridgehead atoms. The summed E-state index contributed by atoms with van der Waals surface area (Å²) in [6, 6.07) is -1.58. The molecule has 0 aromatic rings. The Morgan fingerprint density at radius 3 is 2.18 bits per heavy atom. The summed E-state index contributed by atoms with van der Waals surface area (Å²) in [6.07, 6.45) is 1.98. The minimum atomic E-state index is -0.796. The van der Waals surface area contributed by atoms with Crippen molar-refractivity contribution in [3.05, 3.63) is 0 Å². The van der Waals surface area contributed by atoms with Gasteiger partial charge in [-0.1, -0.05) is 20.3 Å². The third-order valence-electron chi connectivity index (χ3n) is 2.46. The molecule has 0 rings (SSSR count). The second-order valence-electron chi connectivity index (χ2n) is 4.40. The lowest BCUT2D eigenvalue weighted by Gasteiger charge is -2.15. The van der Waals surface area contributed by atoms with Crippen LogP contribution in [0.2, 0.25) is 0 Å². The Morgan fingerprint density at radius 1 is 1.12 bits per heavy atom. The van der Waals surface area contributed by atoms with E-state index >= 15 is 0 Å². The molecule has 6 nitrogen and oxygen atoms in total. The summed E-state index contributed by atoms with van der Waals surface area (Å²) in [5.41, 5.74) is 16.4. The molecule has 0 spiro atoms. The van der Waals surface area contributed by atoms with E-state index in [2.05, 4.69) is 4.74 Å². The molecule has 100 valence electrons. The molecule has 2 atom stereocenters. The summed E-state index contributed by atoms with van der Waals surface area (Å²) in [6.45, 7) is 4.11. The number of carbonyl (C=O) groups excluding carboxylic acids is 2. The first-order chi connectivity index (χ1) is 7.90. The van der Waals surface area contributed by atoms with Gasteiger partial charge in [-0.05, 0) is 25.3 Å². The SMILES string of the molecule is CC(C)[C@@H](N)C(=O)OC(=O)[C@@H](N)CCCCN. The lowest BCUT2D eigenvalue weighted by molar-refractivity contribution is -0.162. The van der Waals surface area contributed by atoms with E-state index in [0.717, 1.165) is 12.8 Å². The van der Waals surface area contributed by atoms with Crippen molar-refractivity contribution < 1.29 is 14.3 Å². The average Bonchev–Trinajstić information content (AvgIpc) is 2.27. The van der Waals surface area contributed by atoms with Crippen LogP contribution in [0, 0.1) is 5.92 Å². The Hall–Kier alpha value is -0.980. The fourth-order valence-electron chi connectivity index (χ4n) is 1.14.